The Labute approximate surface area is 104 Å². The lowest BCUT2D eigenvalue weighted by Crippen LogP contribution is -2.27. The van der Waals surface area contributed by atoms with E-state index in [4.69, 9.17) is 4.74 Å². The standard InChI is InChI=1S/C12H14BrNO2/c1-8-7-9(16-2)3-4-11(8)14-6-5-10(13)12(14)15/h3-4,7,10H,5-6H2,1-2H3. The summed E-state index contributed by atoms with van der Waals surface area (Å²) in [6, 6.07) is 5.78. The van der Waals surface area contributed by atoms with Crippen LogP contribution >= 0.6 is 15.9 Å². The summed E-state index contributed by atoms with van der Waals surface area (Å²) in [6.45, 7) is 2.77. The molecule has 86 valence electrons. The van der Waals surface area contributed by atoms with Crippen molar-refractivity contribution < 1.29 is 9.53 Å². The molecular weight excluding hydrogens is 270 g/mol. The molecule has 16 heavy (non-hydrogen) atoms. The molecule has 1 aromatic rings. The van der Waals surface area contributed by atoms with Crippen molar-refractivity contribution in [2.24, 2.45) is 0 Å². The van der Waals surface area contributed by atoms with Gasteiger partial charge in [-0.25, -0.2) is 0 Å². The molecule has 1 saturated heterocycles. The Hall–Kier alpha value is -1.03. The van der Waals surface area contributed by atoms with Crippen LogP contribution < -0.4 is 9.64 Å². The van der Waals surface area contributed by atoms with Crippen LogP contribution in [-0.4, -0.2) is 24.4 Å². The smallest absolute Gasteiger partial charge is 0.240 e. The van der Waals surface area contributed by atoms with Crippen LogP contribution in [0.15, 0.2) is 18.2 Å². The van der Waals surface area contributed by atoms with E-state index in [0.29, 0.717) is 0 Å². The van der Waals surface area contributed by atoms with Gasteiger partial charge in [0.15, 0.2) is 0 Å². The molecule has 4 heteroatoms. The first-order valence-electron chi connectivity index (χ1n) is 5.23. The van der Waals surface area contributed by atoms with Crippen molar-refractivity contribution in [2.45, 2.75) is 18.2 Å². The topological polar surface area (TPSA) is 29.5 Å². The third kappa shape index (κ3) is 1.94. The highest BCUT2D eigenvalue weighted by molar-refractivity contribution is 9.10. The maximum absolute atomic E-state index is 11.9. The van der Waals surface area contributed by atoms with Gasteiger partial charge in [0, 0.05) is 12.2 Å². The number of hydrogen-bond acceptors (Lipinski definition) is 2. The first-order valence-corrected chi connectivity index (χ1v) is 6.15. The van der Waals surface area contributed by atoms with Crippen molar-refractivity contribution >= 4 is 27.5 Å². The Morgan fingerprint density at radius 1 is 1.50 bits per heavy atom. The zero-order chi connectivity index (χ0) is 11.7. The number of carbonyl (C=O) groups excluding carboxylic acids is 1. The number of nitrogens with zero attached hydrogens (tertiary/aromatic N) is 1. The predicted octanol–water partition coefficient (Wildman–Crippen LogP) is 2.50. The molecule has 1 fully saturated rings. The molecule has 1 heterocycles. The Balaban J connectivity index is 2.31. The van der Waals surface area contributed by atoms with Crippen LogP contribution in [0.3, 0.4) is 0 Å². The van der Waals surface area contributed by atoms with E-state index in [2.05, 4.69) is 15.9 Å². The summed E-state index contributed by atoms with van der Waals surface area (Å²) in [6.07, 6.45) is 0.865. The predicted molar refractivity (Wildman–Crippen MR) is 67.4 cm³/mol. The molecule has 0 aliphatic carbocycles. The van der Waals surface area contributed by atoms with E-state index >= 15 is 0 Å². The van der Waals surface area contributed by atoms with Crippen LogP contribution in [0.4, 0.5) is 5.69 Å². The summed E-state index contributed by atoms with van der Waals surface area (Å²) in [5, 5.41) is 0. The highest BCUT2D eigenvalue weighted by atomic mass is 79.9. The molecular formula is C12H14BrNO2. The van der Waals surface area contributed by atoms with E-state index < -0.39 is 0 Å². The van der Waals surface area contributed by atoms with Crippen molar-refractivity contribution in [3.05, 3.63) is 23.8 Å². The van der Waals surface area contributed by atoms with Gasteiger partial charge in [-0.05, 0) is 37.1 Å². The van der Waals surface area contributed by atoms with Gasteiger partial charge in [0.1, 0.15) is 5.75 Å². The van der Waals surface area contributed by atoms with Gasteiger partial charge < -0.3 is 9.64 Å². The summed E-state index contributed by atoms with van der Waals surface area (Å²) in [5.74, 6) is 0.969. The number of aryl methyl sites for hydroxylation is 1. The molecule has 1 atom stereocenters. The summed E-state index contributed by atoms with van der Waals surface area (Å²) in [4.78, 5) is 13.7. The highest BCUT2D eigenvalue weighted by Gasteiger charge is 2.31. The quantitative estimate of drug-likeness (QED) is 0.781. The van der Waals surface area contributed by atoms with Gasteiger partial charge in [-0.3, -0.25) is 4.79 Å². The first kappa shape index (κ1) is 11.5. The van der Waals surface area contributed by atoms with Crippen LogP contribution in [0.2, 0.25) is 0 Å². The lowest BCUT2D eigenvalue weighted by molar-refractivity contribution is -0.116. The number of hydrogen-bond donors (Lipinski definition) is 0. The Morgan fingerprint density at radius 2 is 2.25 bits per heavy atom. The fourth-order valence-corrected chi connectivity index (χ4v) is 2.39. The maximum Gasteiger partial charge on any atom is 0.240 e. The molecule has 0 saturated carbocycles. The van der Waals surface area contributed by atoms with Crippen molar-refractivity contribution in [1.29, 1.82) is 0 Å². The van der Waals surface area contributed by atoms with Crippen molar-refractivity contribution in [1.82, 2.24) is 0 Å². The van der Waals surface area contributed by atoms with E-state index in [9.17, 15) is 4.79 Å². The van der Waals surface area contributed by atoms with Gasteiger partial charge in [-0.15, -0.1) is 0 Å². The number of anilines is 1. The largest absolute Gasteiger partial charge is 0.497 e. The SMILES string of the molecule is COc1ccc(N2CCC(Br)C2=O)c(C)c1. The lowest BCUT2D eigenvalue weighted by atomic mass is 10.1. The second kappa shape index (κ2) is 4.45. The zero-order valence-electron chi connectivity index (χ0n) is 9.37. The highest BCUT2D eigenvalue weighted by Crippen LogP contribution is 2.30. The Morgan fingerprint density at radius 3 is 2.75 bits per heavy atom. The number of alkyl halides is 1. The van der Waals surface area contributed by atoms with Crippen molar-refractivity contribution in [3.8, 4) is 5.75 Å². The molecule has 3 nitrogen and oxygen atoms in total. The van der Waals surface area contributed by atoms with Crippen LogP contribution in [-0.2, 0) is 4.79 Å². The molecule has 1 amide bonds. The summed E-state index contributed by atoms with van der Waals surface area (Å²) in [7, 11) is 1.64. The van der Waals surface area contributed by atoms with Crippen LogP contribution in [0.5, 0.6) is 5.75 Å². The number of methoxy groups -OCH3 is 1. The Kier molecular flexibility index (Phi) is 3.19. The molecule has 2 rings (SSSR count). The monoisotopic (exact) mass is 283 g/mol. The van der Waals surface area contributed by atoms with Gasteiger partial charge in [-0.1, -0.05) is 15.9 Å². The van der Waals surface area contributed by atoms with E-state index in [1.54, 1.807) is 7.11 Å². The summed E-state index contributed by atoms with van der Waals surface area (Å²) in [5.41, 5.74) is 2.04. The van der Waals surface area contributed by atoms with Crippen molar-refractivity contribution in [2.75, 3.05) is 18.6 Å². The van der Waals surface area contributed by atoms with Gasteiger partial charge in [0.05, 0.1) is 11.9 Å². The molecule has 0 bridgehead atoms. The molecule has 1 aromatic carbocycles. The zero-order valence-corrected chi connectivity index (χ0v) is 11.0. The third-order valence-electron chi connectivity index (χ3n) is 2.83. The van der Waals surface area contributed by atoms with E-state index in [1.807, 2.05) is 30.0 Å². The number of benzene rings is 1. The number of amides is 1. The van der Waals surface area contributed by atoms with Gasteiger partial charge in [0.2, 0.25) is 5.91 Å². The van der Waals surface area contributed by atoms with E-state index in [0.717, 1.165) is 30.0 Å². The average Bonchev–Trinajstić information content (AvgIpc) is 2.60. The average molecular weight is 284 g/mol. The third-order valence-corrected chi connectivity index (χ3v) is 3.68. The van der Waals surface area contributed by atoms with Crippen LogP contribution in [0.25, 0.3) is 0 Å². The second-order valence-corrected chi connectivity index (χ2v) is 5.00. The fourth-order valence-electron chi connectivity index (χ4n) is 1.94. The lowest BCUT2D eigenvalue weighted by Gasteiger charge is -2.19. The number of ether oxygens (including phenoxy) is 1. The maximum atomic E-state index is 11.9. The first-order chi connectivity index (χ1) is 7.63. The van der Waals surface area contributed by atoms with Crippen molar-refractivity contribution in [3.63, 3.8) is 0 Å². The Bertz CT molecular complexity index is 419. The second-order valence-electron chi connectivity index (χ2n) is 3.90. The molecule has 1 unspecified atom stereocenters. The molecule has 0 spiro atoms. The van der Waals surface area contributed by atoms with Crippen LogP contribution in [0.1, 0.15) is 12.0 Å². The normalized spacial score (nSPS) is 20.3. The minimum absolute atomic E-state index is 0.0333. The molecule has 0 radical (unpaired) electrons. The molecule has 0 N–H and O–H groups in total. The van der Waals surface area contributed by atoms with Gasteiger partial charge >= 0.3 is 0 Å². The van der Waals surface area contributed by atoms with E-state index in [1.165, 1.54) is 0 Å². The fraction of sp³-hybridized carbons (Fsp3) is 0.417. The summed E-state index contributed by atoms with van der Waals surface area (Å²) >= 11 is 3.38. The number of halogens is 1. The van der Waals surface area contributed by atoms with Gasteiger partial charge in [0.25, 0.3) is 0 Å². The van der Waals surface area contributed by atoms with E-state index in [-0.39, 0.29) is 10.7 Å². The summed E-state index contributed by atoms with van der Waals surface area (Å²) < 4.78 is 5.15. The number of carbonyl (C=O) groups is 1. The van der Waals surface area contributed by atoms with Gasteiger partial charge in [-0.2, -0.15) is 0 Å². The minimum Gasteiger partial charge on any atom is -0.497 e. The number of rotatable bonds is 2. The minimum atomic E-state index is -0.0333. The molecule has 0 aromatic heterocycles. The van der Waals surface area contributed by atoms with Crippen LogP contribution in [0, 0.1) is 6.92 Å². The molecule has 1 aliphatic heterocycles. The molecule has 1 aliphatic rings.